The van der Waals surface area contributed by atoms with Crippen LogP contribution in [0.2, 0.25) is 0 Å². The predicted octanol–water partition coefficient (Wildman–Crippen LogP) is 2.37. The third kappa shape index (κ3) is 7.46. The Hall–Kier alpha value is -0.320. The second-order valence-electron chi connectivity index (χ2n) is 7.02. The van der Waals surface area contributed by atoms with E-state index in [1.165, 1.54) is 0 Å². The van der Waals surface area contributed by atoms with Crippen molar-refractivity contribution in [3.63, 3.8) is 0 Å². The van der Waals surface area contributed by atoms with E-state index in [1.54, 1.807) is 7.11 Å². The molecule has 1 aliphatic rings. The Bertz CT molecular complexity index is 279. The topological polar surface area (TPSA) is 50.4 Å². The first kappa shape index (κ1) is 19.7. The van der Waals surface area contributed by atoms with Crippen molar-refractivity contribution in [2.24, 2.45) is 10.8 Å². The number of carbonyl (C=O) groups excluding carboxylic acids is 1. The summed E-state index contributed by atoms with van der Waals surface area (Å²) in [5.74, 6) is 0.170. The molecular formula is C15H31ClN2O2. The molecule has 1 amide bonds. The summed E-state index contributed by atoms with van der Waals surface area (Å²) in [6.45, 7) is 10.0. The highest BCUT2D eigenvalue weighted by atomic mass is 35.5. The van der Waals surface area contributed by atoms with E-state index >= 15 is 0 Å². The molecule has 1 fully saturated rings. The number of halogens is 1. The molecule has 20 heavy (non-hydrogen) atoms. The molecule has 1 heterocycles. The summed E-state index contributed by atoms with van der Waals surface area (Å²) in [4.78, 5) is 11.9. The van der Waals surface area contributed by atoms with E-state index in [0.717, 1.165) is 45.5 Å². The van der Waals surface area contributed by atoms with Crippen LogP contribution in [0.25, 0.3) is 0 Å². The van der Waals surface area contributed by atoms with Gasteiger partial charge in [0, 0.05) is 25.5 Å². The van der Waals surface area contributed by atoms with Crippen LogP contribution >= 0.6 is 12.4 Å². The van der Waals surface area contributed by atoms with Gasteiger partial charge in [0.2, 0.25) is 5.91 Å². The molecule has 0 atom stereocenters. The molecule has 5 heteroatoms. The molecular weight excluding hydrogens is 276 g/mol. The van der Waals surface area contributed by atoms with Crippen molar-refractivity contribution in [2.75, 3.05) is 33.4 Å². The fourth-order valence-electron chi connectivity index (χ4n) is 2.50. The Morgan fingerprint density at radius 1 is 1.30 bits per heavy atom. The number of methoxy groups -OCH3 is 1. The van der Waals surface area contributed by atoms with Crippen molar-refractivity contribution in [1.82, 2.24) is 10.6 Å². The van der Waals surface area contributed by atoms with E-state index in [9.17, 15) is 4.79 Å². The second kappa shape index (κ2) is 8.85. The lowest BCUT2D eigenvalue weighted by atomic mass is 9.79. The van der Waals surface area contributed by atoms with Gasteiger partial charge in [-0.2, -0.15) is 0 Å². The van der Waals surface area contributed by atoms with Gasteiger partial charge in [-0.3, -0.25) is 4.79 Å². The van der Waals surface area contributed by atoms with Gasteiger partial charge in [-0.25, -0.2) is 0 Å². The van der Waals surface area contributed by atoms with Gasteiger partial charge in [0.1, 0.15) is 0 Å². The molecule has 1 rings (SSSR count). The maximum Gasteiger partial charge on any atom is 0.220 e. The van der Waals surface area contributed by atoms with Crippen molar-refractivity contribution in [2.45, 2.75) is 46.5 Å². The van der Waals surface area contributed by atoms with Crippen LogP contribution in [0.15, 0.2) is 0 Å². The molecule has 0 unspecified atom stereocenters. The van der Waals surface area contributed by atoms with Crippen LogP contribution < -0.4 is 10.6 Å². The summed E-state index contributed by atoms with van der Waals surface area (Å²) in [6.07, 6.45) is 3.68. The number of piperidine rings is 1. The number of carbonyl (C=O) groups is 1. The van der Waals surface area contributed by atoms with Gasteiger partial charge in [-0.1, -0.05) is 20.8 Å². The van der Waals surface area contributed by atoms with Crippen LogP contribution in [0.5, 0.6) is 0 Å². The monoisotopic (exact) mass is 306 g/mol. The third-order valence-corrected chi connectivity index (χ3v) is 3.88. The van der Waals surface area contributed by atoms with Gasteiger partial charge >= 0.3 is 0 Å². The van der Waals surface area contributed by atoms with Crippen LogP contribution in [-0.2, 0) is 9.53 Å². The van der Waals surface area contributed by atoms with E-state index in [0.29, 0.717) is 6.42 Å². The normalized spacial score (nSPS) is 18.2. The number of amides is 1. The maximum atomic E-state index is 11.9. The molecule has 1 aliphatic heterocycles. The smallest absolute Gasteiger partial charge is 0.220 e. The van der Waals surface area contributed by atoms with Gasteiger partial charge in [0.15, 0.2) is 0 Å². The van der Waals surface area contributed by atoms with E-state index in [1.807, 2.05) is 0 Å². The molecule has 0 radical (unpaired) electrons. The first-order chi connectivity index (χ1) is 8.87. The average molecular weight is 307 g/mol. The molecule has 4 nitrogen and oxygen atoms in total. The Morgan fingerprint density at radius 3 is 2.40 bits per heavy atom. The quantitative estimate of drug-likeness (QED) is 0.792. The van der Waals surface area contributed by atoms with Crippen molar-refractivity contribution in [3.05, 3.63) is 0 Å². The summed E-state index contributed by atoms with van der Waals surface area (Å²) in [5.41, 5.74) is 0.341. The van der Waals surface area contributed by atoms with Gasteiger partial charge in [0.05, 0.1) is 6.61 Å². The lowest BCUT2D eigenvalue weighted by Gasteiger charge is -2.37. The van der Waals surface area contributed by atoms with Crippen LogP contribution in [0.3, 0.4) is 0 Å². The maximum absolute atomic E-state index is 11.9. The van der Waals surface area contributed by atoms with Crippen molar-refractivity contribution >= 4 is 18.3 Å². The SMILES string of the molecule is COCC1(CNC(=O)CCC(C)(C)C)CCNCC1.Cl. The highest BCUT2D eigenvalue weighted by molar-refractivity contribution is 5.85. The zero-order valence-corrected chi connectivity index (χ0v) is 14.2. The first-order valence-corrected chi connectivity index (χ1v) is 7.33. The van der Waals surface area contributed by atoms with Gasteiger partial charge in [-0.05, 0) is 37.8 Å². The fraction of sp³-hybridized carbons (Fsp3) is 0.933. The number of nitrogens with one attached hydrogen (secondary N) is 2. The van der Waals surface area contributed by atoms with Crippen LogP contribution in [0.1, 0.15) is 46.5 Å². The summed E-state index contributed by atoms with van der Waals surface area (Å²) in [5, 5.41) is 6.47. The zero-order valence-electron chi connectivity index (χ0n) is 13.4. The molecule has 0 aliphatic carbocycles. The Balaban J connectivity index is 0.00000361. The van der Waals surface area contributed by atoms with Crippen molar-refractivity contribution in [1.29, 1.82) is 0 Å². The molecule has 1 saturated heterocycles. The molecule has 0 bridgehead atoms. The minimum absolute atomic E-state index is 0. The molecule has 0 aromatic heterocycles. The van der Waals surface area contributed by atoms with E-state index in [-0.39, 0.29) is 29.1 Å². The summed E-state index contributed by atoms with van der Waals surface area (Å²) in [6, 6.07) is 0. The summed E-state index contributed by atoms with van der Waals surface area (Å²) < 4.78 is 5.35. The van der Waals surface area contributed by atoms with Crippen molar-refractivity contribution < 1.29 is 9.53 Å². The minimum Gasteiger partial charge on any atom is -0.384 e. The Labute approximate surface area is 129 Å². The second-order valence-corrected chi connectivity index (χ2v) is 7.02. The average Bonchev–Trinajstić information content (AvgIpc) is 2.35. The Kier molecular flexibility index (Phi) is 8.71. The van der Waals surface area contributed by atoms with Gasteiger partial charge < -0.3 is 15.4 Å². The summed E-state index contributed by atoms with van der Waals surface area (Å²) in [7, 11) is 1.74. The number of hydrogen-bond donors (Lipinski definition) is 2. The van der Waals surface area contributed by atoms with E-state index < -0.39 is 0 Å². The van der Waals surface area contributed by atoms with Crippen LogP contribution in [0, 0.1) is 10.8 Å². The lowest BCUT2D eigenvalue weighted by Crippen LogP contribution is -2.47. The van der Waals surface area contributed by atoms with E-state index in [4.69, 9.17) is 4.74 Å². The number of rotatable bonds is 6. The zero-order chi connectivity index (χ0) is 14.4. The van der Waals surface area contributed by atoms with Gasteiger partial charge in [-0.15, -0.1) is 12.4 Å². The minimum atomic E-state index is 0. The highest BCUT2D eigenvalue weighted by Crippen LogP contribution is 2.28. The molecule has 0 saturated carbocycles. The molecule has 120 valence electrons. The van der Waals surface area contributed by atoms with Crippen LogP contribution in [0.4, 0.5) is 0 Å². The molecule has 0 aromatic carbocycles. The number of ether oxygens (including phenoxy) is 1. The molecule has 0 spiro atoms. The third-order valence-electron chi connectivity index (χ3n) is 3.88. The van der Waals surface area contributed by atoms with Crippen LogP contribution in [-0.4, -0.2) is 39.3 Å². The largest absolute Gasteiger partial charge is 0.384 e. The summed E-state index contributed by atoms with van der Waals surface area (Å²) >= 11 is 0. The van der Waals surface area contributed by atoms with Gasteiger partial charge in [0.25, 0.3) is 0 Å². The number of hydrogen-bond acceptors (Lipinski definition) is 3. The highest BCUT2D eigenvalue weighted by Gasteiger charge is 2.32. The fourth-order valence-corrected chi connectivity index (χ4v) is 2.50. The first-order valence-electron chi connectivity index (χ1n) is 7.33. The Morgan fingerprint density at radius 2 is 1.90 bits per heavy atom. The molecule has 0 aromatic rings. The predicted molar refractivity (Wildman–Crippen MR) is 85.4 cm³/mol. The van der Waals surface area contributed by atoms with E-state index in [2.05, 4.69) is 31.4 Å². The lowest BCUT2D eigenvalue weighted by molar-refractivity contribution is -0.122. The molecule has 2 N–H and O–H groups in total. The van der Waals surface area contributed by atoms with Crippen molar-refractivity contribution in [3.8, 4) is 0 Å². The standard InChI is InChI=1S/C15H30N2O2.ClH/c1-14(2,3)6-5-13(18)17-11-15(12-19-4)7-9-16-10-8-15;/h16H,5-12H2,1-4H3,(H,17,18);1H.